The first-order valence-corrected chi connectivity index (χ1v) is 8.50. The van der Waals surface area contributed by atoms with Crippen LogP contribution in [0.4, 0.5) is 0 Å². The summed E-state index contributed by atoms with van der Waals surface area (Å²) in [5.74, 6) is 0.961. The molecule has 0 heterocycles. The summed E-state index contributed by atoms with van der Waals surface area (Å²) in [6, 6.07) is 0. The Morgan fingerprint density at radius 3 is 2.32 bits per heavy atom. The van der Waals surface area contributed by atoms with Crippen molar-refractivity contribution < 1.29 is 0 Å². The van der Waals surface area contributed by atoms with Gasteiger partial charge in [0, 0.05) is 0 Å². The topological polar surface area (TPSA) is 12.0 Å². The molecule has 0 saturated carbocycles. The summed E-state index contributed by atoms with van der Waals surface area (Å²) in [4.78, 5) is 0. The van der Waals surface area contributed by atoms with Gasteiger partial charge in [0.25, 0.3) is 0 Å². The molecule has 19 heavy (non-hydrogen) atoms. The fraction of sp³-hybridized carbons (Fsp3) is 0.889. The van der Waals surface area contributed by atoms with E-state index < -0.39 is 0 Å². The second-order valence-corrected chi connectivity index (χ2v) is 5.99. The summed E-state index contributed by atoms with van der Waals surface area (Å²) < 4.78 is 0. The molecule has 1 nitrogen and oxygen atoms in total. The molecule has 1 heteroatoms. The van der Waals surface area contributed by atoms with Crippen molar-refractivity contribution in [1.82, 2.24) is 5.32 Å². The van der Waals surface area contributed by atoms with Crippen LogP contribution < -0.4 is 5.32 Å². The van der Waals surface area contributed by atoms with Gasteiger partial charge in [0.15, 0.2) is 0 Å². The van der Waals surface area contributed by atoms with Gasteiger partial charge in [-0.2, -0.15) is 0 Å². The van der Waals surface area contributed by atoms with Crippen LogP contribution in [0.5, 0.6) is 0 Å². The van der Waals surface area contributed by atoms with Crippen molar-refractivity contribution in [2.45, 2.75) is 85.0 Å². The summed E-state index contributed by atoms with van der Waals surface area (Å²) >= 11 is 0. The molecule has 0 spiro atoms. The number of hydrogen-bond acceptors (Lipinski definition) is 1. The van der Waals surface area contributed by atoms with E-state index in [0.29, 0.717) is 0 Å². The van der Waals surface area contributed by atoms with Crippen LogP contribution in [-0.2, 0) is 0 Å². The summed E-state index contributed by atoms with van der Waals surface area (Å²) in [5, 5.41) is 3.29. The van der Waals surface area contributed by atoms with Crippen LogP contribution in [0.3, 0.4) is 0 Å². The molecule has 1 N–H and O–H groups in total. The number of hydrogen-bond donors (Lipinski definition) is 1. The maximum atomic E-state index is 3.29. The lowest BCUT2D eigenvalue weighted by atomic mass is 9.93. The van der Waals surface area contributed by atoms with Crippen LogP contribution in [0, 0.1) is 5.92 Å². The molecule has 114 valence electrons. The minimum absolute atomic E-state index is 0.961. The Morgan fingerprint density at radius 2 is 1.68 bits per heavy atom. The van der Waals surface area contributed by atoms with Crippen molar-refractivity contribution in [3.05, 3.63) is 11.6 Å². The van der Waals surface area contributed by atoms with Crippen LogP contribution in [0.25, 0.3) is 0 Å². The van der Waals surface area contributed by atoms with Crippen LogP contribution in [0.1, 0.15) is 85.0 Å². The average molecular weight is 268 g/mol. The Hall–Kier alpha value is -0.300. The molecule has 0 radical (unpaired) electrons. The Balaban J connectivity index is 3.43. The minimum Gasteiger partial charge on any atom is -0.320 e. The summed E-state index contributed by atoms with van der Waals surface area (Å²) in [7, 11) is 2.07. The van der Waals surface area contributed by atoms with Crippen LogP contribution in [-0.4, -0.2) is 13.6 Å². The molecule has 0 amide bonds. The van der Waals surface area contributed by atoms with Gasteiger partial charge in [0.2, 0.25) is 0 Å². The zero-order chi connectivity index (χ0) is 14.3. The van der Waals surface area contributed by atoms with Crippen LogP contribution in [0.2, 0.25) is 0 Å². The van der Waals surface area contributed by atoms with E-state index >= 15 is 0 Å². The number of unbranched alkanes of at least 4 members (excludes halogenated alkanes) is 4. The third-order valence-electron chi connectivity index (χ3n) is 4.18. The lowest BCUT2D eigenvalue weighted by molar-refractivity contribution is 0.390. The van der Waals surface area contributed by atoms with Gasteiger partial charge in [0.05, 0.1) is 0 Å². The van der Waals surface area contributed by atoms with Crippen molar-refractivity contribution in [3.63, 3.8) is 0 Å². The Morgan fingerprint density at radius 1 is 1.00 bits per heavy atom. The van der Waals surface area contributed by atoms with Gasteiger partial charge in [-0.3, -0.25) is 0 Å². The minimum atomic E-state index is 0.961. The highest BCUT2D eigenvalue weighted by Crippen LogP contribution is 2.19. The summed E-state index contributed by atoms with van der Waals surface area (Å²) in [6.07, 6.45) is 16.2. The normalized spacial score (nSPS) is 13.8. The van der Waals surface area contributed by atoms with E-state index in [1.807, 2.05) is 0 Å². The second kappa shape index (κ2) is 14.1. The number of rotatable bonds is 13. The summed E-state index contributed by atoms with van der Waals surface area (Å²) in [6.45, 7) is 7.90. The molecule has 0 bridgehead atoms. The van der Waals surface area contributed by atoms with E-state index in [-0.39, 0.29) is 0 Å². The highest BCUT2D eigenvalue weighted by Gasteiger charge is 2.06. The predicted octanol–water partition coefficient (Wildman–Crippen LogP) is 5.71. The molecule has 0 saturated heterocycles. The van der Waals surface area contributed by atoms with Gasteiger partial charge in [-0.15, -0.1) is 0 Å². The fourth-order valence-corrected chi connectivity index (χ4v) is 2.70. The Kier molecular flexibility index (Phi) is 13.9. The molecule has 0 fully saturated rings. The fourth-order valence-electron chi connectivity index (χ4n) is 2.70. The SMILES string of the molecule is CC=C(C)CCCCCCCC(CCC)CCNC. The number of allylic oxidation sites excluding steroid dienone is 2. The van der Waals surface area contributed by atoms with E-state index in [1.165, 1.54) is 70.8 Å². The quantitative estimate of drug-likeness (QED) is 0.333. The molecular formula is C18H37N. The van der Waals surface area contributed by atoms with Crippen molar-refractivity contribution in [3.8, 4) is 0 Å². The van der Waals surface area contributed by atoms with E-state index in [0.717, 1.165) is 5.92 Å². The van der Waals surface area contributed by atoms with E-state index in [4.69, 9.17) is 0 Å². The molecule has 0 rings (SSSR count). The highest BCUT2D eigenvalue weighted by molar-refractivity contribution is 4.94. The lowest BCUT2D eigenvalue weighted by Gasteiger charge is -2.15. The second-order valence-electron chi connectivity index (χ2n) is 5.99. The molecule has 1 atom stereocenters. The van der Waals surface area contributed by atoms with E-state index in [9.17, 15) is 0 Å². The van der Waals surface area contributed by atoms with Crippen molar-refractivity contribution in [2.75, 3.05) is 13.6 Å². The number of nitrogens with one attached hydrogen (secondary N) is 1. The first kappa shape index (κ1) is 18.7. The Bertz CT molecular complexity index is 208. The zero-order valence-corrected chi connectivity index (χ0v) is 13.9. The maximum absolute atomic E-state index is 3.29. The van der Waals surface area contributed by atoms with Gasteiger partial charge >= 0.3 is 0 Å². The van der Waals surface area contributed by atoms with Crippen LogP contribution >= 0.6 is 0 Å². The molecule has 0 aromatic rings. The van der Waals surface area contributed by atoms with Gasteiger partial charge in [-0.05, 0) is 52.6 Å². The van der Waals surface area contributed by atoms with Crippen LogP contribution in [0.15, 0.2) is 11.6 Å². The third kappa shape index (κ3) is 12.5. The lowest BCUT2D eigenvalue weighted by Crippen LogP contribution is -2.13. The zero-order valence-electron chi connectivity index (χ0n) is 13.9. The highest BCUT2D eigenvalue weighted by atomic mass is 14.8. The molecule has 0 aromatic heterocycles. The van der Waals surface area contributed by atoms with Gasteiger partial charge < -0.3 is 5.32 Å². The molecule has 0 aliphatic carbocycles. The van der Waals surface area contributed by atoms with Crippen molar-refractivity contribution in [1.29, 1.82) is 0 Å². The summed E-state index contributed by atoms with van der Waals surface area (Å²) in [5.41, 5.74) is 1.55. The smallest absolute Gasteiger partial charge is 0.00493 e. The van der Waals surface area contributed by atoms with Crippen molar-refractivity contribution >= 4 is 0 Å². The average Bonchev–Trinajstić information content (AvgIpc) is 2.43. The van der Waals surface area contributed by atoms with Gasteiger partial charge in [0.1, 0.15) is 0 Å². The van der Waals surface area contributed by atoms with E-state index in [2.05, 4.69) is 39.2 Å². The molecule has 0 aliphatic heterocycles. The third-order valence-corrected chi connectivity index (χ3v) is 4.18. The Labute approximate surface area is 122 Å². The first-order valence-electron chi connectivity index (χ1n) is 8.50. The standard InChI is InChI=1S/C18H37N/c1-5-12-18(15-16-19-4)14-11-9-7-8-10-13-17(3)6-2/h6,18-19H,5,7-16H2,1-4H3. The maximum Gasteiger partial charge on any atom is -0.00493 e. The monoisotopic (exact) mass is 267 g/mol. The molecule has 0 aromatic carbocycles. The van der Waals surface area contributed by atoms with Gasteiger partial charge in [-0.25, -0.2) is 0 Å². The first-order chi connectivity index (χ1) is 9.24. The predicted molar refractivity (Wildman–Crippen MR) is 88.7 cm³/mol. The molecule has 0 aliphatic rings. The van der Waals surface area contributed by atoms with E-state index in [1.54, 1.807) is 5.57 Å². The molecular weight excluding hydrogens is 230 g/mol. The van der Waals surface area contributed by atoms with Crippen molar-refractivity contribution in [2.24, 2.45) is 5.92 Å². The molecule has 1 unspecified atom stereocenters. The largest absolute Gasteiger partial charge is 0.320 e. The van der Waals surface area contributed by atoms with Gasteiger partial charge in [-0.1, -0.05) is 63.5 Å².